The van der Waals surface area contributed by atoms with E-state index in [9.17, 15) is 5.11 Å². The van der Waals surface area contributed by atoms with Crippen LogP contribution >= 0.6 is 0 Å². The predicted molar refractivity (Wildman–Crippen MR) is 79.8 cm³/mol. The lowest BCUT2D eigenvalue weighted by atomic mass is 9.98. The van der Waals surface area contributed by atoms with Gasteiger partial charge in [-0.1, -0.05) is 0 Å². The highest BCUT2D eigenvalue weighted by Gasteiger charge is 2.13. The van der Waals surface area contributed by atoms with Gasteiger partial charge >= 0.3 is 0 Å². The van der Waals surface area contributed by atoms with Crippen LogP contribution in [0.15, 0.2) is 12.1 Å². The number of aromatic hydroxyl groups is 1. The molecule has 106 valence electrons. The Balaban J connectivity index is 1.83. The standard InChI is InChI=1S/C16H26N2O/c1-13-11-15(19)12-14(2)16(13)5-4-6-18-9-7-17(3)8-10-18/h11-12,19H,4-10H2,1-3H3. The monoisotopic (exact) mass is 262 g/mol. The zero-order valence-electron chi connectivity index (χ0n) is 12.4. The fourth-order valence-corrected chi connectivity index (χ4v) is 2.92. The summed E-state index contributed by atoms with van der Waals surface area (Å²) in [6.07, 6.45) is 2.32. The Morgan fingerprint density at radius 1 is 1.05 bits per heavy atom. The van der Waals surface area contributed by atoms with Crippen molar-refractivity contribution in [2.45, 2.75) is 26.7 Å². The van der Waals surface area contributed by atoms with Crippen LogP contribution in [0.25, 0.3) is 0 Å². The highest BCUT2D eigenvalue weighted by molar-refractivity contribution is 5.40. The van der Waals surface area contributed by atoms with Crippen LogP contribution in [0.1, 0.15) is 23.1 Å². The third kappa shape index (κ3) is 3.95. The molecule has 1 saturated heterocycles. The number of hydrogen-bond donors (Lipinski definition) is 1. The van der Waals surface area contributed by atoms with E-state index in [-0.39, 0.29) is 0 Å². The van der Waals surface area contributed by atoms with Gasteiger partial charge in [-0.2, -0.15) is 0 Å². The summed E-state index contributed by atoms with van der Waals surface area (Å²) in [7, 11) is 2.19. The maximum atomic E-state index is 9.56. The zero-order valence-corrected chi connectivity index (χ0v) is 12.4. The van der Waals surface area contributed by atoms with E-state index >= 15 is 0 Å². The van der Waals surface area contributed by atoms with Gasteiger partial charge in [0.2, 0.25) is 0 Å². The van der Waals surface area contributed by atoms with Gasteiger partial charge in [0.05, 0.1) is 0 Å². The Kier molecular flexibility index (Phi) is 4.83. The lowest BCUT2D eigenvalue weighted by Gasteiger charge is -2.32. The van der Waals surface area contributed by atoms with E-state index in [1.54, 1.807) is 0 Å². The van der Waals surface area contributed by atoms with Gasteiger partial charge in [-0.05, 0) is 69.1 Å². The minimum atomic E-state index is 0.387. The molecule has 1 heterocycles. The van der Waals surface area contributed by atoms with Gasteiger partial charge in [0.15, 0.2) is 0 Å². The second-order valence-electron chi connectivity index (χ2n) is 5.81. The fraction of sp³-hybridized carbons (Fsp3) is 0.625. The third-order valence-electron chi connectivity index (χ3n) is 4.18. The number of aryl methyl sites for hydroxylation is 2. The number of rotatable bonds is 4. The van der Waals surface area contributed by atoms with Gasteiger partial charge in [-0.25, -0.2) is 0 Å². The summed E-state index contributed by atoms with van der Waals surface area (Å²) in [6.45, 7) is 10.2. The number of nitrogens with zero attached hydrogens (tertiary/aromatic N) is 2. The van der Waals surface area contributed by atoms with Gasteiger partial charge in [-0.3, -0.25) is 0 Å². The van der Waals surface area contributed by atoms with Crippen molar-refractivity contribution in [3.63, 3.8) is 0 Å². The molecule has 1 aromatic rings. The number of phenols is 1. The van der Waals surface area contributed by atoms with E-state index in [0.29, 0.717) is 5.75 Å². The van der Waals surface area contributed by atoms with E-state index in [2.05, 4.69) is 30.7 Å². The fourth-order valence-electron chi connectivity index (χ4n) is 2.92. The van der Waals surface area contributed by atoms with E-state index in [4.69, 9.17) is 0 Å². The second-order valence-corrected chi connectivity index (χ2v) is 5.81. The van der Waals surface area contributed by atoms with Crippen molar-refractivity contribution in [1.82, 2.24) is 9.80 Å². The summed E-state index contributed by atoms with van der Waals surface area (Å²) in [6, 6.07) is 3.75. The summed E-state index contributed by atoms with van der Waals surface area (Å²) >= 11 is 0. The van der Waals surface area contributed by atoms with Crippen molar-refractivity contribution in [1.29, 1.82) is 0 Å². The normalized spacial score (nSPS) is 17.8. The lowest BCUT2D eigenvalue weighted by Crippen LogP contribution is -2.44. The molecule has 0 atom stereocenters. The van der Waals surface area contributed by atoms with E-state index in [1.807, 2.05) is 12.1 Å². The largest absolute Gasteiger partial charge is 0.508 e. The first-order valence-corrected chi connectivity index (χ1v) is 7.26. The van der Waals surface area contributed by atoms with Crippen molar-refractivity contribution in [3.8, 4) is 5.75 Å². The highest BCUT2D eigenvalue weighted by Crippen LogP contribution is 2.22. The molecule has 0 aliphatic carbocycles. The van der Waals surface area contributed by atoms with Crippen LogP contribution < -0.4 is 0 Å². The number of likely N-dealkylation sites (N-methyl/N-ethyl adjacent to an activating group) is 1. The van der Waals surface area contributed by atoms with Crippen molar-refractivity contribution < 1.29 is 5.11 Å². The zero-order chi connectivity index (χ0) is 13.8. The average molecular weight is 262 g/mol. The number of benzene rings is 1. The quantitative estimate of drug-likeness (QED) is 0.901. The molecule has 1 N–H and O–H groups in total. The molecule has 0 radical (unpaired) electrons. The molecule has 1 aliphatic heterocycles. The molecule has 0 bridgehead atoms. The minimum absolute atomic E-state index is 0.387. The molecule has 0 saturated carbocycles. The molecule has 19 heavy (non-hydrogen) atoms. The topological polar surface area (TPSA) is 26.7 Å². The van der Waals surface area contributed by atoms with Crippen molar-refractivity contribution in [3.05, 3.63) is 28.8 Å². The van der Waals surface area contributed by atoms with Gasteiger partial charge < -0.3 is 14.9 Å². The Bertz CT molecular complexity index is 400. The van der Waals surface area contributed by atoms with Crippen molar-refractivity contribution >= 4 is 0 Å². The Labute approximate surface area is 116 Å². The molecule has 1 fully saturated rings. The molecule has 0 spiro atoms. The molecule has 0 aromatic heterocycles. The van der Waals surface area contributed by atoms with Crippen LogP contribution in [0.3, 0.4) is 0 Å². The van der Waals surface area contributed by atoms with E-state index in [1.165, 1.54) is 55.8 Å². The smallest absolute Gasteiger partial charge is 0.116 e. The van der Waals surface area contributed by atoms with Crippen LogP contribution in [-0.2, 0) is 6.42 Å². The minimum Gasteiger partial charge on any atom is -0.508 e. The Morgan fingerprint density at radius 3 is 2.21 bits per heavy atom. The van der Waals surface area contributed by atoms with Gasteiger partial charge in [0, 0.05) is 26.2 Å². The second kappa shape index (κ2) is 6.40. The summed E-state index contributed by atoms with van der Waals surface area (Å²) in [5.41, 5.74) is 3.85. The molecule has 1 aliphatic rings. The summed E-state index contributed by atoms with van der Waals surface area (Å²) in [4.78, 5) is 4.95. The average Bonchev–Trinajstić information content (AvgIpc) is 2.34. The molecule has 0 amide bonds. The Hall–Kier alpha value is -1.06. The Morgan fingerprint density at radius 2 is 1.63 bits per heavy atom. The first kappa shape index (κ1) is 14.4. The predicted octanol–water partition coefficient (Wildman–Crippen LogP) is 2.19. The molecule has 1 aromatic carbocycles. The highest BCUT2D eigenvalue weighted by atomic mass is 16.3. The van der Waals surface area contributed by atoms with Crippen LogP contribution in [0.4, 0.5) is 0 Å². The summed E-state index contributed by atoms with van der Waals surface area (Å²) < 4.78 is 0. The molecule has 3 nitrogen and oxygen atoms in total. The SMILES string of the molecule is Cc1cc(O)cc(C)c1CCCN1CCN(C)CC1. The van der Waals surface area contributed by atoms with Crippen LogP contribution in [0.2, 0.25) is 0 Å². The molecule has 0 unspecified atom stereocenters. The van der Waals surface area contributed by atoms with Crippen molar-refractivity contribution in [2.24, 2.45) is 0 Å². The molecular formula is C16H26N2O. The molecule has 2 rings (SSSR count). The number of phenolic OH excluding ortho intramolecular Hbond substituents is 1. The third-order valence-corrected chi connectivity index (χ3v) is 4.18. The van der Waals surface area contributed by atoms with Gasteiger partial charge in [0.1, 0.15) is 5.75 Å². The van der Waals surface area contributed by atoms with E-state index < -0.39 is 0 Å². The number of hydrogen-bond acceptors (Lipinski definition) is 3. The van der Waals surface area contributed by atoms with Crippen LogP contribution in [0.5, 0.6) is 5.75 Å². The van der Waals surface area contributed by atoms with Crippen LogP contribution in [-0.4, -0.2) is 54.7 Å². The summed E-state index contributed by atoms with van der Waals surface area (Å²) in [5, 5.41) is 9.56. The van der Waals surface area contributed by atoms with Crippen molar-refractivity contribution in [2.75, 3.05) is 39.8 Å². The van der Waals surface area contributed by atoms with E-state index in [0.717, 1.165) is 6.42 Å². The summed E-state index contributed by atoms with van der Waals surface area (Å²) in [5.74, 6) is 0.387. The maximum absolute atomic E-state index is 9.56. The number of piperazine rings is 1. The molecular weight excluding hydrogens is 236 g/mol. The van der Waals surface area contributed by atoms with Gasteiger partial charge in [0.25, 0.3) is 0 Å². The first-order chi connectivity index (χ1) is 9.06. The first-order valence-electron chi connectivity index (χ1n) is 7.26. The molecule has 3 heteroatoms. The lowest BCUT2D eigenvalue weighted by molar-refractivity contribution is 0.153. The van der Waals surface area contributed by atoms with Gasteiger partial charge in [-0.15, -0.1) is 0 Å². The maximum Gasteiger partial charge on any atom is 0.116 e. The van der Waals surface area contributed by atoms with Crippen LogP contribution in [0, 0.1) is 13.8 Å².